The molecule has 1 fully saturated rings. The van der Waals surface area contributed by atoms with Crippen LogP contribution in [0.15, 0.2) is 18.2 Å². The minimum absolute atomic E-state index is 0.225. The van der Waals surface area contributed by atoms with Crippen molar-refractivity contribution in [2.75, 3.05) is 11.4 Å². The number of halogens is 1. The fourth-order valence-corrected chi connectivity index (χ4v) is 1.89. The summed E-state index contributed by atoms with van der Waals surface area (Å²) in [6, 6.07) is 5.03. The van der Waals surface area contributed by atoms with E-state index in [1.807, 2.05) is 13.0 Å². The first kappa shape index (κ1) is 9.19. The molecule has 0 aliphatic carbocycles. The molecular formula is C11H13FN2. The van der Waals surface area contributed by atoms with Crippen LogP contribution in [-0.2, 0) is 0 Å². The Morgan fingerprint density at radius 3 is 2.79 bits per heavy atom. The summed E-state index contributed by atoms with van der Waals surface area (Å²) < 4.78 is 13.5. The van der Waals surface area contributed by atoms with Crippen molar-refractivity contribution in [3.8, 4) is 0 Å². The third kappa shape index (κ3) is 1.39. The third-order valence-corrected chi connectivity index (χ3v) is 2.58. The molecule has 0 spiro atoms. The van der Waals surface area contributed by atoms with Gasteiger partial charge in [0.1, 0.15) is 11.7 Å². The van der Waals surface area contributed by atoms with Crippen molar-refractivity contribution in [3.05, 3.63) is 29.6 Å². The maximum Gasteiger partial charge on any atom is 0.147 e. The molecule has 1 aromatic rings. The van der Waals surface area contributed by atoms with E-state index in [-0.39, 0.29) is 5.82 Å². The van der Waals surface area contributed by atoms with Crippen molar-refractivity contribution in [2.24, 2.45) is 0 Å². The van der Waals surface area contributed by atoms with Crippen LogP contribution in [0, 0.1) is 18.2 Å². The third-order valence-electron chi connectivity index (χ3n) is 2.58. The Morgan fingerprint density at radius 2 is 2.21 bits per heavy atom. The van der Waals surface area contributed by atoms with Crippen LogP contribution in [0.2, 0.25) is 0 Å². The van der Waals surface area contributed by atoms with Gasteiger partial charge in [-0.1, -0.05) is 12.1 Å². The minimum Gasteiger partial charge on any atom is -0.328 e. The molecule has 1 aliphatic rings. The van der Waals surface area contributed by atoms with E-state index < -0.39 is 0 Å². The SMILES string of the molecule is Cc1cccc(F)c1N1CCCC1=N. The standard InChI is InChI=1S/C11H13FN2/c1-8-4-2-5-9(12)11(8)14-7-3-6-10(14)13/h2,4-5,13H,3,6-7H2,1H3. The lowest BCUT2D eigenvalue weighted by Gasteiger charge is -2.20. The van der Waals surface area contributed by atoms with Crippen LogP contribution in [0.5, 0.6) is 0 Å². The second-order valence-corrected chi connectivity index (χ2v) is 3.61. The number of aryl methyl sites for hydroxylation is 1. The van der Waals surface area contributed by atoms with Crippen LogP contribution < -0.4 is 4.90 Å². The Balaban J connectivity index is 2.44. The minimum atomic E-state index is -0.225. The molecule has 1 N–H and O–H groups in total. The van der Waals surface area contributed by atoms with Gasteiger partial charge in [-0.3, -0.25) is 5.41 Å². The highest BCUT2D eigenvalue weighted by Crippen LogP contribution is 2.27. The Kier molecular flexibility index (Phi) is 2.23. The topological polar surface area (TPSA) is 27.1 Å². The van der Waals surface area contributed by atoms with Gasteiger partial charge < -0.3 is 4.90 Å². The normalized spacial score (nSPS) is 16.4. The van der Waals surface area contributed by atoms with Crippen molar-refractivity contribution in [1.82, 2.24) is 0 Å². The molecule has 2 rings (SSSR count). The lowest BCUT2D eigenvalue weighted by molar-refractivity contribution is 0.625. The van der Waals surface area contributed by atoms with E-state index in [0.717, 1.165) is 24.9 Å². The average molecular weight is 192 g/mol. The second kappa shape index (κ2) is 3.40. The fraction of sp³-hybridized carbons (Fsp3) is 0.364. The van der Waals surface area contributed by atoms with Gasteiger partial charge in [0, 0.05) is 13.0 Å². The molecule has 0 saturated carbocycles. The number of hydrogen-bond donors (Lipinski definition) is 1. The summed E-state index contributed by atoms with van der Waals surface area (Å²) >= 11 is 0. The highest BCUT2D eigenvalue weighted by atomic mass is 19.1. The summed E-state index contributed by atoms with van der Waals surface area (Å²) in [5, 5.41) is 7.70. The smallest absolute Gasteiger partial charge is 0.147 e. The Labute approximate surface area is 82.9 Å². The van der Waals surface area contributed by atoms with Crippen molar-refractivity contribution in [1.29, 1.82) is 5.41 Å². The van der Waals surface area contributed by atoms with Gasteiger partial charge in [-0.15, -0.1) is 0 Å². The van der Waals surface area contributed by atoms with Gasteiger partial charge in [0.15, 0.2) is 0 Å². The van der Waals surface area contributed by atoms with Crippen molar-refractivity contribution in [3.63, 3.8) is 0 Å². The molecule has 3 heteroatoms. The van der Waals surface area contributed by atoms with Crippen LogP contribution in [-0.4, -0.2) is 12.4 Å². The molecule has 0 amide bonds. The first-order chi connectivity index (χ1) is 6.70. The molecule has 0 atom stereocenters. The molecule has 1 saturated heterocycles. The molecule has 0 unspecified atom stereocenters. The van der Waals surface area contributed by atoms with E-state index in [2.05, 4.69) is 0 Å². The van der Waals surface area contributed by atoms with E-state index >= 15 is 0 Å². The number of nitrogens with one attached hydrogen (secondary N) is 1. The number of hydrogen-bond acceptors (Lipinski definition) is 1. The van der Waals surface area contributed by atoms with Crippen molar-refractivity contribution < 1.29 is 4.39 Å². The van der Waals surface area contributed by atoms with Gasteiger partial charge >= 0.3 is 0 Å². The molecule has 0 radical (unpaired) electrons. The summed E-state index contributed by atoms with van der Waals surface area (Å²) in [6.45, 7) is 2.64. The molecular weight excluding hydrogens is 179 g/mol. The van der Waals surface area contributed by atoms with E-state index in [1.165, 1.54) is 6.07 Å². The van der Waals surface area contributed by atoms with Gasteiger partial charge in [0.25, 0.3) is 0 Å². The zero-order chi connectivity index (χ0) is 10.1. The molecule has 1 aromatic carbocycles. The number of amidine groups is 1. The van der Waals surface area contributed by atoms with E-state index in [0.29, 0.717) is 11.5 Å². The molecule has 74 valence electrons. The highest BCUT2D eigenvalue weighted by molar-refractivity contribution is 5.98. The maximum atomic E-state index is 13.5. The summed E-state index contributed by atoms with van der Waals surface area (Å²) in [5.41, 5.74) is 1.48. The van der Waals surface area contributed by atoms with Gasteiger partial charge in [-0.05, 0) is 25.0 Å². The Hall–Kier alpha value is -1.38. The lowest BCUT2D eigenvalue weighted by Crippen LogP contribution is -2.25. The number of anilines is 1. The lowest BCUT2D eigenvalue weighted by atomic mass is 10.2. The summed E-state index contributed by atoms with van der Waals surface area (Å²) in [5.74, 6) is 0.301. The Bertz CT molecular complexity index is 353. The summed E-state index contributed by atoms with van der Waals surface area (Å²) in [7, 11) is 0. The quantitative estimate of drug-likeness (QED) is 0.727. The first-order valence-electron chi connectivity index (χ1n) is 4.80. The van der Waals surface area contributed by atoms with Crippen LogP contribution >= 0.6 is 0 Å². The molecule has 14 heavy (non-hydrogen) atoms. The maximum absolute atomic E-state index is 13.5. The number of benzene rings is 1. The Morgan fingerprint density at radius 1 is 1.43 bits per heavy atom. The molecule has 0 bridgehead atoms. The van der Waals surface area contributed by atoms with E-state index in [4.69, 9.17) is 5.41 Å². The van der Waals surface area contributed by atoms with Crippen LogP contribution in [0.4, 0.5) is 10.1 Å². The predicted octanol–water partition coefficient (Wildman–Crippen LogP) is 2.71. The predicted molar refractivity (Wildman–Crippen MR) is 55.4 cm³/mol. The van der Waals surface area contributed by atoms with Crippen LogP contribution in [0.1, 0.15) is 18.4 Å². The largest absolute Gasteiger partial charge is 0.328 e. The monoisotopic (exact) mass is 192 g/mol. The molecule has 2 nitrogen and oxygen atoms in total. The fourth-order valence-electron chi connectivity index (χ4n) is 1.89. The molecule has 1 aliphatic heterocycles. The summed E-state index contributed by atoms with van der Waals surface area (Å²) in [4.78, 5) is 1.77. The van der Waals surface area contributed by atoms with Gasteiger partial charge in [-0.2, -0.15) is 0 Å². The number of nitrogens with zero attached hydrogens (tertiary/aromatic N) is 1. The zero-order valence-corrected chi connectivity index (χ0v) is 8.18. The molecule has 1 heterocycles. The molecule has 0 aromatic heterocycles. The van der Waals surface area contributed by atoms with Gasteiger partial charge in [0.2, 0.25) is 0 Å². The number of rotatable bonds is 1. The summed E-state index contributed by atoms with van der Waals surface area (Å²) in [6.07, 6.45) is 1.71. The van der Waals surface area contributed by atoms with Crippen molar-refractivity contribution in [2.45, 2.75) is 19.8 Å². The van der Waals surface area contributed by atoms with Crippen LogP contribution in [0.3, 0.4) is 0 Å². The van der Waals surface area contributed by atoms with E-state index in [1.54, 1.807) is 11.0 Å². The average Bonchev–Trinajstić information content (AvgIpc) is 2.52. The van der Waals surface area contributed by atoms with Crippen LogP contribution in [0.25, 0.3) is 0 Å². The highest BCUT2D eigenvalue weighted by Gasteiger charge is 2.22. The van der Waals surface area contributed by atoms with Crippen molar-refractivity contribution >= 4 is 11.5 Å². The van der Waals surface area contributed by atoms with Gasteiger partial charge in [-0.25, -0.2) is 4.39 Å². The number of para-hydroxylation sites is 1. The second-order valence-electron chi connectivity index (χ2n) is 3.61. The van der Waals surface area contributed by atoms with E-state index in [9.17, 15) is 4.39 Å². The first-order valence-corrected chi connectivity index (χ1v) is 4.80. The van der Waals surface area contributed by atoms with Gasteiger partial charge in [0.05, 0.1) is 5.69 Å². The zero-order valence-electron chi connectivity index (χ0n) is 8.18.